The Balaban J connectivity index is 0. The number of ether oxygens (including phenoxy) is 1. The van der Waals surface area contributed by atoms with E-state index in [0.717, 1.165) is 5.56 Å². The molecule has 0 heterocycles. The first-order chi connectivity index (χ1) is 6.76. The fourth-order valence-electron chi connectivity index (χ4n) is 1.03. The molecule has 6 heteroatoms. The van der Waals surface area contributed by atoms with E-state index in [1.165, 1.54) is 12.1 Å². The minimum atomic E-state index is -0.247. The lowest BCUT2D eigenvalue weighted by molar-refractivity contribution is 0.0522. The quantitative estimate of drug-likeness (QED) is 0.852. The Labute approximate surface area is 107 Å². The van der Waals surface area contributed by atoms with Crippen LogP contribution in [0.5, 0.6) is 0 Å². The van der Waals surface area contributed by atoms with Crippen molar-refractivity contribution in [3.05, 3.63) is 35.6 Å². The molecule has 0 radical (unpaired) electrons. The third-order valence-corrected chi connectivity index (χ3v) is 1.92. The fourth-order valence-corrected chi connectivity index (χ4v) is 1.03. The molecule has 0 amide bonds. The number of hydrogen-bond donors (Lipinski definition) is 2. The largest absolute Gasteiger partial charge is 0.371 e. The van der Waals surface area contributed by atoms with Gasteiger partial charge in [-0.05, 0) is 17.7 Å². The smallest absolute Gasteiger partial charge is 0.123 e. The Morgan fingerprint density at radius 1 is 1.06 bits per heavy atom. The summed E-state index contributed by atoms with van der Waals surface area (Å²) in [5.74, 6) is -0.247. The van der Waals surface area contributed by atoms with Crippen molar-refractivity contribution < 1.29 is 9.13 Å². The fraction of sp³-hybridized carbons (Fsp3) is 0.400. The highest BCUT2D eigenvalue weighted by Gasteiger charge is 2.03. The molecular formula is C10H17Cl2FN2O. The predicted octanol–water partition coefficient (Wildman–Crippen LogP) is 1.47. The summed E-state index contributed by atoms with van der Waals surface area (Å²) in [6.45, 7) is 1.22. The molecule has 0 fully saturated rings. The molecular weight excluding hydrogens is 254 g/mol. The van der Waals surface area contributed by atoms with E-state index in [4.69, 9.17) is 16.2 Å². The van der Waals surface area contributed by atoms with Crippen LogP contribution in [0.3, 0.4) is 0 Å². The second kappa shape index (κ2) is 9.81. The summed E-state index contributed by atoms with van der Waals surface area (Å²) < 4.78 is 17.9. The van der Waals surface area contributed by atoms with E-state index in [0.29, 0.717) is 19.7 Å². The molecule has 0 atom stereocenters. The van der Waals surface area contributed by atoms with E-state index in [1.807, 2.05) is 0 Å². The zero-order valence-corrected chi connectivity index (χ0v) is 10.4. The monoisotopic (exact) mass is 270 g/mol. The molecule has 0 aliphatic carbocycles. The maximum absolute atomic E-state index is 12.5. The van der Waals surface area contributed by atoms with E-state index in [9.17, 15) is 4.39 Å². The number of benzene rings is 1. The number of rotatable bonds is 5. The Morgan fingerprint density at radius 2 is 1.56 bits per heavy atom. The maximum atomic E-state index is 12.5. The molecule has 0 unspecified atom stereocenters. The van der Waals surface area contributed by atoms with Gasteiger partial charge in [-0.3, -0.25) is 0 Å². The van der Waals surface area contributed by atoms with Crippen LogP contribution >= 0.6 is 24.8 Å². The highest BCUT2D eigenvalue weighted by atomic mass is 35.5. The minimum Gasteiger partial charge on any atom is -0.371 e. The second-order valence-electron chi connectivity index (χ2n) is 3.03. The summed E-state index contributed by atoms with van der Waals surface area (Å²) >= 11 is 0. The Kier molecular flexibility index (Phi) is 11.0. The van der Waals surface area contributed by atoms with Crippen LogP contribution in [0.25, 0.3) is 0 Å². The van der Waals surface area contributed by atoms with Crippen LogP contribution in [0.15, 0.2) is 24.3 Å². The molecule has 0 aliphatic heterocycles. The third-order valence-electron chi connectivity index (χ3n) is 1.92. The van der Waals surface area contributed by atoms with Gasteiger partial charge in [-0.15, -0.1) is 24.8 Å². The van der Waals surface area contributed by atoms with Gasteiger partial charge in [0.05, 0.1) is 12.7 Å². The molecule has 0 spiro atoms. The van der Waals surface area contributed by atoms with Crippen LogP contribution in [-0.2, 0) is 11.3 Å². The van der Waals surface area contributed by atoms with Gasteiger partial charge in [0.1, 0.15) is 5.82 Å². The normalized spacial score (nSPS) is 9.50. The second-order valence-corrected chi connectivity index (χ2v) is 3.03. The molecule has 0 saturated carbocycles. The molecule has 1 aromatic rings. The van der Waals surface area contributed by atoms with Gasteiger partial charge in [0.25, 0.3) is 0 Å². The van der Waals surface area contributed by atoms with Crippen LogP contribution < -0.4 is 11.5 Å². The zero-order valence-electron chi connectivity index (χ0n) is 8.77. The minimum absolute atomic E-state index is 0. The van der Waals surface area contributed by atoms with Crippen molar-refractivity contribution in [2.45, 2.75) is 12.7 Å². The van der Waals surface area contributed by atoms with E-state index in [2.05, 4.69) is 0 Å². The van der Waals surface area contributed by atoms with Gasteiger partial charge >= 0.3 is 0 Å². The van der Waals surface area contributed by atoms with Crippen LogP contribution in [0.2, 0.25) is 0 Å². The Hall–Kier alpha value is -0.390. The topological polar surface area (TPSA) is 61.3 Å². The molecule has 0 bridgehead atoms. The lowest BCUT2D eigenvalue weighted by Gasteiger charge is -2.13. The van der Waals surface area contributed by atoms with E-state index < -0.39 is 0 Å². The molecule has 0 saturated heterocycles. The number of nitrogens with two attached hydrogens (primary N) is 2. The summed E-state index contributed by atoms with van der Waals surface area (Å²) in [5, 5.41) is 0. The van der Waals surface area contributed by atoms with Gasteiger partial charge in [-0.25, -0.2) is 4.39 Å². The average molecular weight is 271 g/mol. The van der Waals surface area contributed by atoms with Crippen molar-refractivity contribution in [2.24, 2.45) is 11.5 Å². The van der Waals surface area contributed by atoms with Gasteiger partial charge in [0.15, 0.2) is 0 Å². The molecule has 4 N–H and O–H groups in total. The highest BCUT2D eigenvalue weighted by molar-refractivity contribution is 5.85. The van der Waals surface area contributed by atoms with Crippen molar-refractivity contribution in [3.8, 4) is 0 Å². The first kappa shape index (κ1) is 18.0. The van der Waals surface area contributed by atoms with Gasteiger partial charge in [-0.2, -0.15) is 0 Å². The Bertz CT molecular complexity index is 268. The van der Waals surface area contributed by atoms with Crippen molar-refractivity contribution >= 4 is 24.8 Å². The SMILES string of the molecule is Cl.Cl.NCC(CN)OCc1ccc(F)cc1. The van der Waals surface area contributed by atoms with Gasteiger partial charge in [0.2, 0.25) is 0 Å². The van der Waals surface area contributed by atoms with Crippen LogP contribution in [0.1, 0.15) is 5.56 Å². The molecule has 0 aliphatic rings. The maximum Gasteiger partial charge on any atom is 0.123 e. The van der Waals surface area contributed by atoms with Gasteiger partial charge < -0.3 is 16.2 Å². The summed E-state index contributed by atoms with van der Waals surface area (Å²) in [5.41, 5.74) is 11.7. The molecule has 94 valence electrons. The summed E-state index contributed by atoms with van der Waals surface area (Å²) in [6.07, 6.45) is -0.125. The Morgan fingerprint density at radius 3 is 2.00 bits per heavy atom. The van der Waals surface area contributed by atoms with Crippen LogP contribution in [0.4, 0.5) is 4.39 Å². The van der Waals surface area contributed by atoms with Crippen molar-refractivity contribution in [2.75, 3.05) is 13.1 Å². The molecule has 1 aromatic carbocycles. The first-order valence-corrected chi connectivity index (χ1v) is 4.52. The average Bonchev–Trinajstić information content (AvgIpc) is 2.22. The van der Waals surface area contributed by atoms with Crippen LogP contribution in [0, 0.1) is 5.82 Å². The summed E-state index contributed by atoms with van der Waals surface area (Å²) in [7, 11) is 0. The van der Waals surface area contributed by atoms with E-state index in [-0.39, 0.29) is 36.7 Å². The lowest BCUT2D eigenvalue weighted by atomic mass is 10.2. The van der Waals surface area contributed by atoms with Gasteiger partial charge in [0, 0.05) is 13.1 Å². The first-order valence-electron chi connectivity index (χ1n) is 4.52. The zero-order chi connectivity index (χ0) is 10.4. The van der Waals surface area contributed by atoms with E-state index in [1.54, 1.807) is 12.1 Å². The predicted molar refractivity (Wildman–Crippen MR) is 67.6 cm³/mol. The molecule has 0 aromatic heterocycles. The number of halogens is 3. The highest BCUT2D eigenvalue weighted by Crippen LogP contribution is 2.05. The summed E-state index contributed by atoms with van der Waals surface area (Å²) in [4.78, 5) is 0. The molecule has 1 rings (SSSR count). The van der Waals surface area contributed by atoms with Gasteiger partial charge in [-0.1, -0.05) is 12.1 Å². The van der Waals surface area contributed by atoms with Crippen molar-refractivity contribution in [1.82, 2.24) is 0 Å². The molecule has 16 heavy (non-hydrogen) atoms. The lowest BCUT2D eigenvalue weighted by Crippen LogP contribution is -2.31. The molecule has 3 nitrogen and oxygen atoms in total. The third kappa shape index (κ3) is 6.25. The standard InChI is InChI=1S/C10H15FN2O.2ClH/c11-9-3-1-8(2-4-9)7-14-10(5-12)6-13;;/h1-4,10H,5-7,12-13H2;2*1H. The summed E-state index contributed by atoms with van der Waals surface area (Å²) in [6, 6.07) is 6.16. The van der Waals surface area contributed by atoms with Crippen molar-refractivity contribution in [1.29, 1.82) is 0 Å². The van der Waals surface area contributed by atoms with Crippen LogP contribution in [-0.4, -0.2) is 19.2 Å². The number of hydrogen-bond acceptors (Lipinski definition) is 3. The van der Waals surface area contributed by atoms with Crippen molar-refractivity contribution in [3.63, 3.8) is 0 Å². The van der Waals surface area contributed by atoms with E-state index >= 15 is 0 Å².